The van der Waals surface area contributed by atoms with Crippen molar-refractivity contribution in [2.45, 2.75) is 0 Å². The molecule has 2 N–H and O–H groups in total. The van der Waals surface area contributed by atoms with Gasteiger partial charge in [0.15, 0.2) is 5.82 Å². The number of anilines is 1. The lowest BCUT2D eigenvalue weighted by molar-refractivity contribution is 0.602. The molecular formula is C8H7ClFN5O3S. The van der Waals surface area contributed by atoms with Gasteiger partial charge in [0.2, 0.25) is 10.0 Å². The monoisotopic (exact) mass is 307 g/mol. The van der Waals surface area contributed by atoms with E-state index in [-0.39, 0.29) is 16.4 Å². The second kappa shape index (κ2) is 4.63. The average Bonchev–Trinajstić information content (AvgIpc) is 2.67. The van der Waals surface area contributed by atoms with Crippen molar-refractivity contribution in [3.8, 4) is 5.69 Å². The number of nitrogens with zero attached hydrogens (tertiary/aromatic N) is 3. The van der Waals surface area contributed by atoms with Crippen LogP contribution in [0.2, 0.25) is 5.02 Å². The van der Waals surface area contributed by atoms with E-state index in [1.807, 2.05) is 5.10 Å². The Morgan fingerprint density at radius 3 is 2.68 bits per heavy atom. The molecule has 19 heavy (non-hydrogen) atoms. The van der Waals surface area contributed by atoms with Crippen LogP contribution in [-0.2, 0) is 10.0 Å². The predicted molar refractivity (Wildman–Crippen MR) is 65.4 cm³/mol. The Balaban J connectivity index is 2.61. The number of benzene rings is 1. The van der Waals surface area contributed by atoms with Crippen molar-refractivity contribution in [1.82, 2.24) is 20.2 Å². The van der Waals surface area contributed by atoms with Gasteiger partial charge < -0.3 is 0 Å². The molecule has 2 aromatic rings. The summed E-state index contributed by atoms with van der Waals surface area (Å²) in [5.74, 6) is -0.847. The molecule has 0 radical (unpaired) electrons. The van der Waals surface area contributed by atoms with Gasteiger partial charge in [0, 0.05) is 0 Å². The van der Waals surface area contributed by atoms with E-state index < -0.39 is 21.5 Å². The van der Waals surface area contributed by atoms with Crippen LogP contribution in [0.3, 0.4) is 0 Å². The second-order valence-electron chi connectivity index (χ2n) is 3.58. The second-order valence-corrected chi connectivity index (χ2v) is 5.73. The molecular weight excluding hydrogens is 301 g/mol. The third-order valence-corrected chi connectivity index (χ3v) is 2.94. The SMILES string of the molecule is CS(=O)(=O)Nc1cc(-n2nn[nH]c2=O)c(F)cc1Cl. The van der Waals surface area contributed by atoms with Crippen LogP contribution in [-0.4, -0.2) is 34.9 Å². The van der Waals surface area contributed by atoms with Gasteiger partial charge in [-0.15, -0.1) is 0 Å². The fourth-order valence-corrected chi connectivity index (χ4v) is 2.16. The molecule has 8 nitrogen and oxygen atoms in total. The fraction of sp³-hybridized carbons (Fsp3) is 0.125. The van der Waals surface area contributed by atoms with Crippen molar-refractivity contribution in [3.63, 3.8) is 0 Å². The first-order chi connectivity index (χ1) is 8.78. The van der Waals surface area contributed by atoms with Gasteiger partial charge in [-0.25, -0.2) is 22.7 Å². The standard InChI is InChI=1S/C8H7ClFN5O3S/c1-19(17,18)12-6-3-7(5(10)2-4(6)9)15-8(16)11-13-14-15/h2-3,12H,1H3,(H,11,14,16). The first-order valence-electron chi connectivity index (χ1n) is 4.75. The Morgan fingerprint density at radius 2 is 2.16 bits per heavy atom. The van der Waals surface area contributed by atoms with Crippen LogP contribution in [0.1, 0.15) is 0 Å². The minimum absolute atomic E-state index is 0.0736. The predicted octanol–water partition coefficient (Wildman–Crippen LogP) is 0.120. The molecule has 0 spiro atoms. The molecule has 0 amide bonds. The molecule has 0 atom stereocenters. The van der Waals surface area contributed by atoms with E-state index in [1.54, 1.807) is 0 Å². The molecule has 1 heterocycles. The van der Waals surface area contributed by atoms with Gasteiger partial charge in [-0.3, -0.25) is 4.72 Å². The lowest BCUT2D eigenvalue weighted by Gasteiger charge is -2.09. The van der Waals surface area contributed by atoms with Gasteiger partial charge >= 0.3 is 5.69 Å². The lowest BCUT2D eigenvalue weighted by Crippen LogP contribution is -2.18. The van der Waals surface area contributed by atoms with Crippen LogP contribution in [0.4, 0.5) is 10.1 Å². The van der Waals surface area contributed by atoms with Gasteiger partial charge in [0.1, 0.15) is 5.69 Å². The van der Waals surface area contributed by atoms with E-state index in [4.69, 9.17) is 11.6 Å². The Bertz CT molecular complexity index is 784. The highest BCUT2D eigenvalue weighted by Gasteiger charge is 2.15. The van der Waals surface area contributed by atoms with Crippen molar-refractivity contribution >= 4 is 27.3 Å². The van der Waals surface area contributed by atoms with Crippen molar-refractivity contribution in [2.75, 3.05) is 11.0 Å². The zero-order valence-corrected chi connectivity index (χ0v) is 11.0. The number of hydrogen-bond acceptors (Lipinski definition) is 5. The maximum atomic E-state index is 13.7. The van der Waals surface area contributed by atoms with E-state index in [1.165, 1.54) is 0 Å². The summed E-state index contributed by atoms with van der Waals surface area (Å²) in [5.41, 5.74) is -1.13. The summed E-state index contributed by atoms with van der Waals surface area (Å²) >= 11 is 5.71. The highest BCUT2D eigenvalue weighted by molar-refractivity contribution is 7.92. The third kappa shape index (κ3) is 2.90. The smallest absolute Gasteiger partial charge is 0.282 e. The van der Waals surface area contributed by atoms with Crippen molar-refractivity contribution in [1.29, 1.82) is 0 Å². The summed E-state index contributed by atoms with van der Waals surface area (Å²) in [7, 11) is -3.60. The first-order valence-corrected chi connectivity index (χ1v) is 7.02. The molecule has 0 bridgehead atoms. The van der Waals surface area contributed by atoms with E-state index in [0.717, 1.165) is 18.4 Å². The maximum Gasteiger partial charge on any atom is 0.365 e. The fourth-order valence-electron chi connectivity index (χ4n) is 1.33. The topological polar surface area (TPSA) is 110 Å². The van der Waals surface area contributed by atoms with E-state index in [2.05, 4.69) is 15.1 Å². The van der Waals surface area contributed by atoms with E-state index in [9.17, 15) is 17.6 Å². The van der Waals surface area contributed by atoms with Gasteiger partial charge in [0.05, 0.1) is 17.0 Å². The van der Waals surface area contributed by atoms with Crippen LogP contribution in [0.5, 0.6) is 0 Å². The number of halogens is 2. The number of sulfonamides is 1. The molecule has 102 valence electrons. The maximum absolute atomic E-state index is 13.7. The number of H-pyrrole nitrogens is 1. The highest BCUT2D eigenvalue weighted by atomic mass is 35.5. The van der Waals surface area contributed by atoms with Crippen molar-refractivity contribution in [2.24, 2.45) is 0 Å². The Morgan fingerprint density at radius 1 is 1.47 bits per heavy atom. The molecule has 1 aromatic heterocycles. The number of aromatic nitrogens is 4. The molecule has 0 saturated heterocycles. The van der Waals surface area contributed by atoms with Crippen LogP contribution in [0.25, 0.3) is 5.69 Å². The summed E-state index contributed by atoms with van der Waals surface area (Å²) in [6.07, 6.45) is 0.911. The molecule has 0 aliphatic rings. The summed E-state index contributed by atoms with van der Waals surface area (Å²) < 4.78 is 38.7. The number of rotatable bonds is 3. The minimum atomic E-state index is -3.60. The number of aromatic amines is 1. The number of tetrazole rings is 1. The van der Waals surface area contributed by atoms with Crippen molar-refractivity contribution < 1.29 is 12.8 Å². The Kier molecular flexibility index (Phi) is 3.28. The van der Waals surface area contributed by atoms with Crippen LogP contribution in [0, 0.1) is 5.82 Å². The number of hydrogen-bond donors (Lipinski definition) is 2. The van der Waals surface area contributed by atoms with Crippen molar-refractivity contribution in [3.05, 3.63) is 33.5 Å². The lowest BCUT2D eigenvalue weighted by atomic mass is 10.2. The molecule has 0 fully saturated rings. The summed E-state index contributed by atoms with van der Waals surface area (Å²) in [4.78, 5) is 11.3. The Labute approximate surface area is 111 Å². The quantitative estimate of drug-likeness (QED) is 0.837. The molecule has 0 aliphatic carbocycles. The molecule has 0 saturated carbocycles. The minimum Gasteiger partial charge on any atom is -0.282 e. The van der Waals surface area contributed by atoms with Crippen LogP contribution < -0.4 is 10.4 Å². The largest absolute Gasteiger partial charge is 0.365 e. The summed E-state index contributed by atoms with van der Waals surface area (Å²) in [5, 5.41) is 8.39. The highest BCUT2D eigenvalue weighted by Crippen LogP contribution is 2.27. The average molecular weight is 308 g/mol. The number of nitrogens with one attached hydrogen (secondary N) is 2. The molecule has 0 unspecified atom stereocenters. The molecule has 11 heteroatoms. The molecule has 0 aliphatic heterocycles. The van der Waals surface area contributed by atoms with E-state index in [0.29, 0.717) is 4.68 Å². The third-order valence-electron chi connectivity index (χ3n) is 2.03. The van der Waals surface area contributed by atoms with E-state index >= 15 is 0 Å². The van der Waals surface area contributed by atoms with Gasteiger partial charge in [0.25, 0.3) is 0 Å². The van der Waals surface area contributed by atoms with Crippen LogP contribution in [0.15, 0.2) is 16.9 Å². The zero-order valence-electron chi connectivity index (χ0n) is 9.39. The van der Waals surface area contributed by atoms with Gasteiger partial charge in [-0.1, -0.05) is 11.6 Å². The first kappa shape index (κ1) is 13.5. The zero-order chi connectivity index (χ0) is 14.2. The van der Waals surface area contributed by atoms with Gasteiger partial charge in [-0.05, 0) is 22.6 Å². The Hall–Kier alpha value is -1.94. The molecule has 2 rings (SSSR count). The summed E-state index contributed by atoms with van der Waals surface area (Å²) in [6, 6.07) is 1.91. The normalized spacial score (nSPS) is 11.5. The molecule has 1 aromatic carbocycles. The van der Waals surface area contributed by atoms with Gasteiger partial charge in [-0.2, -0.15) is 4.68 Å². The summed E-state index contributed by atoms with van der Waals surface area (Å²) in [6.45, 7) is 0. The van der Waals surface area contributed by atoms with Crippen LogP contribution >= 0.6 is 11.6 Å².